The lowest BCUT2D eigenvalue weighted by Gasteiger charge is -2.20. The Bertz CT molecular complexity index is 1500. The summed E-state index contributed by atoms with van der Waals surface area (Å²) in [5.41, 5.74) is 9.87. The second-order valence-electron chi connectivity index (χ2n) is 8.30. The quantitative estimate of drug-likeness (QED) is 0.358. The number of nitriles is 1. The van der Waals surface area contributed by atoms with Crippen LogP contribution < -0.4 is 5.32 Å². The standard InChI is InChI=1S/C28H24N4/c1-18-13-14-19(2)25(15-18)31-27-22(16-21-9-5-4-6-10-21)20(3)23(17-29)28-30-24-11-7-8-12-26(24)32(27)28/h4-15,31H,16H2,1-3H3. The molecular formula is C28H24N4. The molecule has 0 saturated carbocycles. The van der Waals surface area contributed by atoms with Crippen molar-refractivity contribution in [2.75, 3.05) is 5.32 Å². The van der Waals surface area contributed by atoms with Crippen molar-refractivity contribution >= 4 is 28.2 Å². The molecular weight excluding hydrogens is 392 g/mol. The molecule has 0 fully saturated rings. The van der Waals surface area contributed by atoms with E-state index in [0.29, 0.717) is 11.2 Å². The summed E-state index contributed by atoms with van der Waals surface area (Å²) in [6.07, 6.45) is 0.719. The van der Waals surface area contributed by atoms with Gasteiger partial charge < -0.3 is 5.32 Å². The molecule has 4 nitrogen and oxygen atoms in total. The van der Waals surface area contributed by atoms with Crippen LogP contribution in [-0.2, 0) is 6.42 Å². The zero-order chi connectivity index (χ0) is 22.2. The summed E-state index contributed by atoms with van der Waals surface area (Å²) in [4.78, 5) is 4.84. The molecule has 1 N–H and O–H groups in total. The first kappa shape index (κ1) is 19.8. The number of hydrogen-bond donors (Lipinski definition) is 1. The minimum absolute atomic E-state index is 0.624. The Morgan fingerprint density at radius 3 is 2.47 bits per heavy atom. The number of rotatable bonds is 4. The van der Waals surface area contributed by atoms with E-state index in [4.69, 9.17) is 4.98 Å². The molecule has 0 unspecified atom stereocenters. The van der Waals surface area contributed by atoms with E-state index in [0.717, 1.165) is 40.1 Å². The summed E-state index contributed by atoms with van der Waals surface area (Å²) < 4.78 is 2.11. The fourth-order valence-electron chi connectivity index (χ4n) is 4.33. The van der Waals surface area contributed by atoms with Gasteiger partial charge in [-0.1, -0.05) is 54.6 Å². The molecule has 0 atom stereocenters. The highest BCUT2D eigenvalue weighted by atomic mass is 15.1. The molecule has 0 aliphatic heterocycles. The van der Waals surface area contributed by atoms with Crippen molar-refractivity contribution in [1.82, 2.24) is 9.38 Å². The third kappa shape index (κ3) is 3.29. The summed E-state index contributed by atoms with van der Waals surface area (Å²) >= 11 is 0. The molecule has 0 saturated heterocycles. The van der Waals surface area contributed by atoms with Gasteiger partial charge in [-0.3, -0.25) is 4.40 Å². The lowest BCUT2D eigenvalue weighted by atomic mass is 9.97. The monoisotopic (exact) mass is 416 g/mol. The summed E-state index contributed by atoms with van der Waals surface area (Å²) in [5, 5.41) is 13.8. The van der Waals surface area contributed by atoms with Crippen molar-refractivity contribution < 1.29 is 0 Å². The maximum Gasteiger partial charge on any atom is 0.157 e. The van der Waals surface area contributed by atoms with Crippen molar-refractivity contribution in [3.8, 4) is 6.07 Å². The normalized spacial score (nSPS) is 11.1. The molecule has 0 radical (unpaired) electrons. The minimum atomic E-state index is 0.624. The van der Waals surface area contributed by atoms with Crippen LogP contribution >= 0.6 is 0 Å². The van der Waals surface area contributed by atoms with Crippen LogP contribution in [0.4, 0.5) is 11.5 Å². The molecule has 2 aromatic heterocycles. The molecule has 0 amide bonds. The molecule has 0 aliphatic rings. The number of hydrogen-bond acceptors (Lipinski definition) is 3. The smallest absolute Gasteiger partial charge is 0.157 e. The number of para-hydroxylation sites is 2. The van der Waals surface area contributed by atoms with Crippen LogP contribution in [0, 0.1) is 32.1 Å². The van der Waals surface area contributed by atoms with Crippen molar-refractivity contribution in [3.05, 3.63) is 106 Å². The molecule has 32 heavy (non-hydrogen) atoms. The van der Waals surface area contributed by atoms with Crippen LogP contribution in [0.2, 0.25) is 0 Å². The number of fused-ring (bicyclic) bond motifs is 3. The number of aryl methyl sites for hydroxylation is 2. The molecule has 2 heterocycles. The summed E-state index contributed by atoms with van der Waals surface area (Å²) in [6.45, 7) is 6.24. The number of nitrogens with zero attached hydrogens (tertiary/aromatic N) is 3. The second kappa shape index (κ2) is 7.86. The molecule has 3 aromatic carbocycles. The molecule has 5 rings (SSSR count). The molecule has 4 heteroatoms. The Morgan fingerprint density at radius 1 is 0.938 bits per heavy atom. The maximum absolute atomic E-state index is 10.1. The van der Waals surface area contributed by atoms with Gasteiger partial charge >= 0.3 is 0 Å². The zero-order valence-corrected chi connectivity index (χ0v) is 18.5. The Kier molecular flexibility index (Phi) is 4.88. The van der Waals surface area contributed by atoms with E-state index in [2.05, 4.69) is 78.2 Å². The van der Waals surface area contributed by atoms with E-state index >= 15 is 0 Å². The first-order valence-electron chi connectivity index (χ1n) is 10.8. The second-order valence-corrected chi connectivity index (χ2v) is 8.30. The van der Waals surface area contributed by atoms with Crippen LogP contribution in [0.1, 0.15) is 33.4 Å². The minimum Gasteiger partial charge on any atom is -0.341 e. The van der Waals surface area contributed by atoms with Gasteiger partial charge in [0.05, 0.1) is 16.6 Å². The molecule has 156 valence electrons. The first-order valence-corrected chi connectivity index (χ1v) is 10.8. The number of pyridine rings is 1. The summed E-state index contributed by atoms with van der Waals surface area (Å²) in [7, 11) is 0. The largest absolute Gasteiger partial charge is 0.341 e. The van der Waals surface area contributed by atoms with Crippen LogP contribution in [0.3, 0.4) is 0 Å². The Labute approximate surface area is 187 Å². The highest BCUT2D eigenvalue weighted by Gasteiger charge is 2.21. The van der Waals surface area contributed by atoms with E-state index in [1.807, 2.05) is 31.2 Å². The van der Waals surface area contributed by atoms with Gasteiger partial charge in [0.25, 0.3) is 0 Å². The summed E-state index contributed by atoms with van der Waals surface area (Å²) in [5.74, 6) is 0.961. The van der Waals surface area contributed by atoms with Crippen LogP contribution in [0.15, 0.2) is 72.8 Å². The SMILES string of the molecule is Cc1ccc(C)c(Nc2c(Cc3ccccc3)c(C)c(C#N)c3nc4ccccc4n23)c1. The maximum atomic E-state index is 10.1. The molecule has 5 aromatic rings. The van der Waals surface area contributed by atoms with Crippen LogP contribution in [0.5, 0.6) is 0 Å². The average Bonchev–Trinajstić information content (AvgIpc) is 3.18. The van der Waals surface area contributed by atoms with Gasteiger partial charge in [0.2, 0.25) is 0 Å². The average molecular weight is 417 g/mol. The third-order valence-corrected chi connectivity index (χ3v) is 6.10. The fourth-order valence-corrected chi connectivity index (χ4v) is 4.33. The fraction of sp³-hybridized carbons (Fsp3) is 0.143. The highest BCUT2D eigenvalue weighted by Crippen LogP contribution is 2.35. The van der Waals surface area contributed by atoms with Gasteiger partial charge in [-0.2, -0.15) is 5.26 Å². The van der Waals surface area contributed by atoms with E-state index in [1.165, 1.54) is 16.7 Å². The lowest BCUT2D eigenvalue weighted by Crippen LogP contribution is -2.09. The Balaban J connectivity index is 1.86. The number of anilines is 2. The Morgan fingerprint density at radius 2 is 1.69 bits per heavy atom. The molecule has 0 aliphatic carbocycles. The van der Waals surface area contributed by atoms with E-state index in [-0.39, 0.29) is 0 Å². The van der Waals surface area contributed by atoms with Crippen LogP contribution in [0.25, 0.3) is 16.7 Å². The number of nitrogens with one attached hydrogen (secondary N) is 1. The van der Waals surface area contributed by atoms with Gasteiger partial charge in [0, 0.05) is 17.7 Å². The zero-order valence-electron chi connectivity index (χ0n) is 18.5. The van der Waals surface area contributed by atoms with E-state index in [1.54, 1.807) is 0 Å². The van der Waals surface area contributed by atoms with E-state index in [9.17, 15) is 5.26 Å². The number of imidazole rings is 1. The predicted octanol–water partition coefficient (Wildman–Crippen LogP) is 6.62. The van der Waals surface area contributed by atoms with Crippen molar-refractivity contribution in [3.63, 3.8) is 0 Å². The van der Waals surface area contributed by atoms with E-state index < -0.39 is 0 Å². The van der Waals surface area contributed by atoms with Gasteiger partial charge in [0.1, 0.15) is 11.9 Å². The van der Waals surface area contributed by atoms with Gasteiger partial charge in [-0.05, 0) is 61.2 Å². The van der Waals surface area contributed by atoms with Gasteiger partial charge in [-0.25, -0.2) is 4.98 Å². The Hall–Kier alpha value is -4.10. The van der Waals surface area contributed by atoms with Gasteiger partial charge in [-0.15, -0.1) is 0 Å². The third-order valence-electron chi connectivity index (χ3n) is 6.10. The molecule has 0 bridgehead atoms. The molecule has 0 spiro atoms. The highest BCUT2D eigenvalue weighted by molar-refractivity contribution is 5.87. The van der Waals surface area contributed by atoms with Crippen molar-refractivity contribution in [2.24, 2.45) is 0 Å². The van der Waals surface area contributed by atoms with Crippen LogP contribution in [-0.4, -0.2) is 9.38 Å². The topological polar surface area (TPSA) is 53.1 Å². The van der Waals surface area contributed by atoms with Gasteiger partial charge in [0.15, 0.2) is 5.65 Å². The van der Waals surface area contributed by atoms with Crippen molar-refractivity contribution in [1.29, 1.82) is 5.26 Å². The first-order chi connectivity index (χ1) is 15.6. The predicted molar refractivity (Wildman–Crippen MR) is 131 cm³/mol. The summed E-state index contributed by atoms with van der Waals surface area (Å²) in [6, 6.07) is 27.3. The lowest BCUT2D eigenvalue weighted by molar-refractivity contribution is 1.08. The number of benzene rings is 3. The number of aromatic nitrogens is 2. The van der Waals surface area contributed by atoms with Crippen molar-refractivity contribution in [2.45, 2.75) is 27.2 Å².